The first-order valence-corrected chi connectivity index (χ1v) is 7.50. The minimum absolute atomic E-state index is 0.0221. The minimum Gasteiger partial charge on any atom is -0.335 e. The van der Waals surface area contributed by atoms with Crippen molar-refractivity contribution in [2.45, 2.75) is 12.8 Å². The van der Waals surface area contributed by atoms with E-state index >= 15 is 0 Å². The van der Waals surface area contributed by atoms with Crippen molar-refractivity contribution in [3.8, 4) is 11.4 Å². The lowest BCUT2D eigenvalue weighted by atomic mass is 10.2. The van der Waals surface area contributed by atoms with E-state index < -0.39 is 0 Å². The lowest BCUT2D eigenvalue weighted by Gasteiger charge is -2.03. The summed E-state index contributed by atoms with van der Waals surface area (Å²) in [6, 6.07) is 9.30. The zero-order valence-corrected chi connectivity index (χ0v) is 12.4. The third-order valence-corrected chi connectivity index (χ3v) is 4.05. The molecule has 1 saturated carbocycles. The van der Waals surface area contributed by atoms with Crippen LogP contribution in [0.1, 0.15) is 12.8 Å². The summed E-state index contributed by atoms with van der Waals surface area (Å²) in [5.74, 6) is 1.33. The van der Waals surface area contributed by atoms with Gasteiger partial charge in [0.15, 0.2) is 5.82 Å². The van der Waals surface area contributed by atoms with Crippen molar-refractivity contribution in [2.75, 3.05) is 5.32 Å². The van der Waals surface area contributed by atoms with E-state index in [2.05, 4.69) is 20.3 Å². The van der Waals surface area contributed by atoms with E-state index in [-0.39, 0.29) is 11.8 Å². The van der Waals surface area contributed by atoms with E-state index in [0.717, 1.165) is 23.9 Å². The van der Waals surface area contributed by atoms with Gasteiger partial charge in [-0.15, -0.1) is 0 Å². The second-order valence-electron chi connectivity index (χ2n) is 5.38. The van der Waals surface area contributed by atoms with Gasteiger partial charge < -0.3 is 10.3 Å². The fourth-order valence-electron chi connectivity index (χ4n) is 2.37. The first kappa shape index (κ1) is 13.3. The highest BCUT2D eigenvalue weighted by Crippen LogP contribution is 2.32. The number of fused-ring (bicyclic) bond motifs is 1. The average molecular weight is 313 g/mol. The topological polar surface area (TPSA) is 70.7 Å². The Morgan fingerprint density at radius 3 is 2.86 bits per heavy atom. The molecule has 0 unspecified atom stereocenters. The molecule has 0 bridgehead atoms. The highest BCUT2D eigenvalue weighted by Gasteiger charge is 2.30. The summed E-state index contributed by atoms with van der Waals surface area (Å²) in [6.07, 6.45) is 3.55. The van der Waals surface area contributed by atoms with Crippen molar-refractivity contribution >= 4 is 34.4 Å². The van der Waals surface area contributed by atoms with Crippen LogP contribution in [0.5, 0.6) is 0 Å². The maximum atomic E-state index is 11.9. The lowest BCUT2D eigenvalue weighted by Crippen LogP contribution is -2.14. The van der Waals surface area contributed by atoms with Crippen molar-refractivity contribution in [1.29, 1.82) is 0 Å². The number of anilines is 1. The summed E-state index contributed by atoms with van der Waals surface area (Å²) in [7, 11) is 0. The summed E-state index contributed by atoms with van der Waals surface area (Å²) in [4.78, 5) is 23.9. The number of hydrogen-bond donors (Lipinski definition) is 2. The molecule has 6 heteroatoms. The number of carbonyl (C=O) groups excluding carboxylic acids is 1. The molecule has 1 fully saturated rings. The molecule has 2 aromatic heterocycles. The molecule has 5 nitrogen and oxygen atoms in total. The number of hydrogen-bond acceptors (Lipinski definition) is 3. The number of pyridine rings is 1. The van der Waals surface area contributed by atoms with Crippen molar-refractivity contribution in [3.63, 3.8) is 0 Å². The molecule has 0 spiro atoms. The van der Waals surface area contributed by atoms with Gasteiger partial charge in [0.1, 0.15) is 11.3 Å². The Hall–Kier alpha value is -2.40. The molecule has 1 aliphatic carbocycles. The van der Waals surface area contributed by atoms with E-state index in [1.165, 1.54) is 0 Å². The van der Waals surface area contributed by atoms with Crippen LogP contribution in [0.4, 0.5) is 5.82 Å². The summed E-state index contributed by atoms with van der Waals surface area (Å²) < 4.78 is 0. The zero-order valence-electron chi connectivity index (χ0n) is 11.6. The number of rotatable bonds is 3. The van der Waals surface area contributed by atoms with Crippen LogP contribution in [0.2, 0.25) is 5.02 Å². The SMILES string of the molecule is O=C(Nc1nccc2nc(-c3ccccc3Cl)[nH]c12)C1CC1. The van der Waals surface area contributed by atoms with Gasteiger partial charge >= 0.3 is 0 Å². The first-order valence-electron chi connectivity index (χ1n) is 7.13. The molecule has 0 radical (unpaired) electrons. The number of nitrogens with one attached hydrogen (secondary N) is 2. The Labute approximate surface area is 131 Å². The molecule has 110 valence electrons. The van der Waals surface area contributed by atoms with Gasteiger partial charge in [0.05, 0.1) is 10.5 Å². The van der Waals surface area contributed by atoms with Gasteiger partial charge in [-0.25, -0.2) is 9.97 Å². The molecular formula is C16H13ClN4O. The smallest absolute Gasteiger partial charge is 0.228 e. The van der Waals surface area contributed by atoms with Crippen molar-refractivity contribution < 1.29 is 4.79 Å². The molecule has 22 heavy (non-hydrogen) atoms. The van der Waals surface area contributed by atoms with Crippen molar-refractivity contribution in [2.24, 2.45) is 5.92 Å². The molecule has 1 amide bonds. The van der Waals surface area contributed by atoms with Crippen LogP contribution in [0.15, 0.2) is 36.5 Å². The van der Waals surface area contributed by atoms with E-state index in [1.54, 1.807) is 12.3 Å². The lowest BCUT2D eigenvalue weighted by molar-refractivity contribution is -0.117. The molecule has 2 heterocycles. The quantitative estimate of drug-likeness (QED) is 0.776. The number of H-pyrrole nitrogens is 1. The number of nitrogens with zero attached hydrogens (tertiary/aromatic N) is 2. The maximum Gasteiger partial charge on any atom is 0.228 e. The number of aromatic amines is 1. The van der Waals surface area contributed by atoms with Gasteiger partial charge in [0, 0.05) is 17.7 Å². The Kier molecular flexibility index (Phi) is 3.08. The van der Waals surface area contributed by atoms with Crippen LogP contribution in [0.3, 0.4) is 0 Å². The third kappa shape index (κ3) is 2.33. The van der Waals surface area contributed by atoms with Gasteiger partial charge in [-0.2, -0.15) is 0 Å². The Balaban J connectivity index is 1.77. The van der Waals surface area contributed by atoms with Gasteiger partial charge in [0.2, 0.25) is 5.91 Å². The van der Waals surface area contributed by atoms with Crippen LogP contribution < -0.4 is 5.32 Å². The second kappa shape index (κ2) is 5.10. The molecule has 1 aromatic carbocycles. The molecular weight excluding hydrogens is 300 g/mol. The summed E-state index contributed by atoms with van der Waals surface area (Å²) in [6.45, 7) is 0. The van der Waals surface area contributed by atoms with Gasteiger partial charge in [-0.05, 0) is 31.0 Å². The van der Waals surface area contributed by atoms with Crippen LogP contribution >= 0.6 is 11.6 Å². The summed E-state index contributed by atoms with van der Waals surface area (Å²) >= 11 is 6.21. The van der Waals surface area contributed by atoms with Crippen molar-refractivity contribution in [3.05, 3.63) is 41.6 Å². The maximum absolute atomic E-state index is 11.9. The van der Waals surface area contributed by atoms with Gasteiger partial charge in [-0.1, -0.05) is 23.7 Å². The highest BCUT2D eigenvalue weighted by atomic mass is 35.5. The summed E-state index contributed by atoms with van der Waals surface area (Å²) in [5.41, 5.74) is 2.28. The van der Waals surface area contributed by atoms with Crippen molar-refractivity contribution in [1.82, 2.24) is 15.0 Å². The van der Waals surface area contributed by atoms with E-state index in [4.69, 9.17) is 11.6 Å². The number of imidazole rings is 1. The number of aromatic nitrogens is 3. The number of halogens is 1. The van der Waals surface area contributed by atoms with E-state index in [9.17, 15) is 4.79 Å². The molecule has 2 N–H and O–H groups in total. The van der Waals surface area contributed by atoms with Gasteiger partial charge in [0.25, 0.3) is 0 Å². The third-order valence-electron chi connectivity index (χ3n) is 3.72. The van der Waals surface area contributed by atoms with Crippen LogP contribution in [-0.4, -0.2) is 20.9 Å². The summed E-state index contributed by atoms with van der Waals surface area (Å²) in [5, 5.41) is 3.50. The minimum atomic E-state index is 0.0221. The molecule has 3 aromatic rings. The number of amides is 1. The normalized spacial score (nSPS) is 14.2. The molecule has 0 saturated heterocycles. The fraction of sp³-hybridized carbons (Fsp3) is 0.188. The predicted molar refractivity (Wildman–Crippen MR) is 85.7 cm³/mol. The monoisotopic (exact) mass is 312 g/mol. The Bertz CT molecular complexity index is 869. The number of benzene rings is 1. The molecule has 4 rings (SSSR count). The fourth-order valence-corrected chi connectivity index (χ4v) is 2.60. The highest BCUT2D eigenvalue weighted by molar-refractivity contribution is 6.33. The van der Waals surface area contributed by atoms with E-state index in [0.29, 0.717) is 22.2 Å². The second-order valence-corrected chi connectivity index (χ2v) is 5.79. The molecule has 0 aliphatic heterocycles. The Morgan fingerprint density at radius 2 is 2.09 bits per heavy atom. The van der Waals surface area contributed by atoms with Crippen LogP contribution in [-0.2, 0) is 4.79 Å². The molecule has 0 atom stereocenters. The average Bonchev–Trinajstić information content (AvgIpc) is 3.27. The van der Waals surface area contributed by atoms with Gasteiger partial charge in [-0.3, -0.25) is 4.79 Å². The zero-order chi connectivity index (χ0) is 15.1. The Morgan fingerprint density at radius 1 is 1.27 bits per heavy atom. The first-order chi connectivity index (χ1) is 10.7. The number of carbonyl (C=O) groups is 1. The molecule has 1 aliphatic rings. The largest absolute Gasteiger partial charge is 0.335 e. The standard InChI is InChI=1S/C16H13ClN4O/c17-11-4-2-1-3-10(11)14-19-12-7-8-18-15(13(12)20-14)21-16(22)9-5-6-9/h1-4,7-9H,5-6H2,(H,19,20)(H,18,21,22). The van der Waals surface area contributed by atoms with E-state index in [1.807, 2.05) is 24.3 Å². The predicted octanol–water partition coefficient (Wildman–Crippen LogP) is 3.63. The van der Waals surface area contributed by atoms with Crippen LogP contribution in [0.25, 0.3) is 22.4 Å². The van der Waals surface area contributed by atoms with Crippen LogP contribution in [0, 0.1) is 5.92 Å².